The predicted octanol–water partition coefficient (Wildman–Crippen LogP) is 5.36. The monoisotopic (exact) mass is 555 g/mol. The van der Waals surface area contributed by atoms with Gasteiger partial charge in [-0.2, -0.15) is 5.10 Å². The Hall–Kier alpha value is -3.95. The van der Waals surface area contributed by atoms with E-state index in [1.807, 2.05) is 12.1 Å². The summed E-state index contributed by atoms with van der Waals surface area (Å²) in [4.78, 5) is 21.5. The fourth-order valence-corrected chi connectivity index (χ4v) is 5.87. The second kappa shape index (κ2) is 11.5. The fourth-order valence-electron chi connectivity index (χ4n) is 5.87. The highest BCUT2D eigenvalue weighted by atomic mass is 16.5. The van der Waals surface area contributed by atoms with Crippen LogP contribution in [-0.4, -0.2) is 78.4 Å². The predicted molar refractivity (Wildman–Crippen MR) is 161 cm³/mol. The van der Waals surface area contributed by atoms with E-state index >= 15 is 0 Å². The fraction of sp³-hybridized carbons (Fsp3) is 0.406. The lowest BCUT2D eigenvalue weighted by Gasteiger charge is -2.33. The molecular formula is C32H37N5O4. The SMILES string of the molecule is CC(C)c1nn(-c2cccc(N3CCOCC3)c2)c2nc(C(=O)O)cc(-c3ccc(N(C)C4CCOCC4)cc3)c12. The molecule has 4 aromatic rings. The minimum atomic E-state index is -1.06. The number of benzene rings is 2. The van der Waals surface area contributed by atoms with Crippen LogP contribution in [0.25, 0.3) is 27.8 Å². The van der Waals surface area contributed by atoms with Crippen molar-refractivity contribution in [3.05, 3.63) is 66.0 Å². The zero-order valence-electron chi connectivity index (χ0n) is 23.9. The number of ether oxygens (including phenoxy) is 2. The number of anilines is 2. The van der Waals surface area contributed by atoms with Gasteiger partial charge >= 0.3 is 5.97 Å². The maximum Gasteiger partial charge on any atom is 0.354 e. The van der Waals surface area contributed by atoms with Crippen molar-refractivity contribution in [2.45, 2.75) is 38.6 Å². The van der Waals surface area contributed by atoms with Gasteiger partial charge in [-0.3, -0.25) is 0 Å². The molecule has 2 aromatic carbocycles. The molecule has 0 atom stereocenters. The molecule has 2 fully saturated rings. The molecule has 0 unspecified atom stereocenters. The summed E-state index contributed by atoms with van der Waals surface area (Å²) in [6, 6.07) is 18.7. The number of hydrogen-bond donors (Lipinski definition) is 1. The van der Waals surface area contributed by atoms with Crippen molar-refractivity contribution < 1.29 is 19.4 Å². The Morgan fingerprint density at radius 2 is 1.66 bits per heavy atom. The second-order valence-corrected chi connectivity index (χ2v) is 11.1. The first-order chi connectivity index (χ1) is 19.9. The van der Waals surface area contributed by atoms with Crippen LogP contribution < -0.4 is 9.80 Å². The summed E-state index contributed by atoms with van der Waals surface area (Å²) in [5, 5.41) is 16.0. The summed E-state index contributed by atoms with van der Waals surface area (Å²) in [6.07, 6.45) is 2.02. The molecule has 9 heteroatoms. The third-order valence-corrected chi connectivity index (χ3v) is 8.21. The van der Waals surface area contributed by atoms with Gasteiger partial charge in [0.05, 0.1) is 30.0 Å². The van der Waals surface area contributed by atoms with Gasteiger partial charge in [0.15, 0.2) is 11.3 Å². The van der Waals surface area contributed by atoms with Crippen LogP contribution in [-0.2, 0) is 9.47 Å². The second-order valence-electron chi connectivity index (χ2n) is 11.1. The maximum atomic E-state index is 12.3. The van der Waals surface area contributed by atoms with Crippen LogP contribution in [0.3, 0.4) is 0 Å². The summed E-state index contributed by atoms with van der Waals surface area (Å²) < 4.78 is 12.9. The van der Waals surface area contributed by atoms with Crippen LogP contribution in [0.4, 0.5) is 11.4 Å². The van der Waals surface area contributed by atoms with Crippen molar-refractivity contribution in [2.75, 3.05) is 56.4 Å². The molecule has 0 radical (unpaired) electrons. The van der Waals surface area contributed by atoms with Crippen molar-refractivity contribution in [1.29, 1.82) is 0 Å². The number of carbonyl (C=O) groups is 1. The van der Waals surface area contributed by atoms with Crippen LogP contribution in [0.1, 0.15) is 48.8 Å². The molecule has 2 aromatic heterocycles. The molecule has 1 N–H and O–H groups in total. The highest BCUT2D eigenvalue weighted by molar-refractivity contribution is 6.00. The average molecular weight is 556 g/mol. The minimum Gasteiger partial charge on any atom is -0.477 e. The number of fused-ring (bicyclic) bond motifs is 1. The summed E-state index contributed by atoms with van der Waals surface area (Å²) in [5.74, 6) is -0.957. The number of morpholine rings is 1. The average Bonchev–Trinajstić information content (AvgIpc) is 3.41. The Morgan fingerprint density at radius 1 is 0.976 bits per heavy atom. The molecule has 0 aliphatic carbocycles. The number of carboxylic acid groups (broad SMARTS) is 1. The van der Waals surface area contributed by atoms with E-state index in [-0.39, 0.29) is 11.6 Å². The lowest BCUT2D eigenvalue weighted by atomic mass is 9.97. The van der Waals surface area contributed by atoms with Gasteiger partial charge in [-0.25, -0.2) is 14.5 Å². The Labute approximate surface area is 240 Å². The Bertz CT molecular complexity index is 1540. The summed E-state index contributed by atoms with van der Waals surface area (Å²) >= 11 is 0. The molecule has 2 aliphatic rings. The summed E-state index contributed by atoms with van der Waals surface area (Å²) in [7, 11) is 2.13. The normalized spacial score (nSPS) is 16.4. The molecule has 214 valence electrons. The largest absolute Gasteiger partial charge is 0.477 e. The maximum absolute atomic E-state index is 12.3. The third kappa shape index (κ3) is 5.39. The molecular weight excluding hydrogens is 518 g/mol. The van der Waals surface area contributed by atoms with E-state index in [1.165, 1.54) is 0 Å². The molecule has 6 rings (SSSR count). The number of rotatable bonds is 7. The van der Waals surface area contributed by atoms with E-state index in [2.05, 4.69) is 72.1 Å². The van der Waals surface area contributed by atoms with E-state index in [1.54, 1.807) is 10.7 Å². The highest BCUT2D eigenvalue weighted by Gasteiger charge is 2.24. The number of nitrogens with zero attached hydrogens (tertiary/aromatic N) is 5. The molecule has 0 saturated carbocycles. The van der Waals surface area contributed by atoms with Crippen molar-refractivity contribution in [3.63, 3.8) is 0 Å². The van der Waals surface area contributed by atoms with Gasteiger partial charge < -0.3 is 24.4 Å². The molecule has 4 heterocycles. The molecule has 0 amide bonds. The lowest BCUT2D eigenvalue weighted by molar-refractivity contribution is 0.0691. The van der Waals surface area contributed by atoms with Gasteiger partial charge in [-0.15, -0.1) is 0 Å². The van der Waals surface area contributed by atoms with Crippen LogP contribution in [0.15, 0.2) is 54.6 Å². The first-order valence-corrected chi connectivity index (χ1v) is 14.4. The van der Waals surface area contributed by atoms with Crippen LogP contribution >= 0.6 is 0 Å². The number of pyridine rings is 1. The van der Waals surface area contributed by atoms with Crippen molar-refractivity contribution in [1.82, 2.24) is 14.8 Å². The molecule has 0 bridgehead atoms. The van der Waals surface area contributed by atoms with Crippen molar-refractivity contribution in [3.8, 4) is 16.8 Å². The Morgan fingerprint density at radius 3 is 2.34 bits per heavy atom. The topological polar surface area (TPSA) is 93.0 Å². The van der Waals surface area contributed by atoms with Crippen LogP contribution in [0.2, 0.25) is 0 Å². The number of hydrogen-bond acceptors (Lipinski definition) is 7. The first kappa shape index (κ1) is 27.2. The van der Waals surface area contributed by atoms with Crippen LogP contribution in [0.5, 0.6) is 0 Å². The van der Waals surface area contributed by atoms with Gasteiger partial charge in [0.25, 0.3) is 0 Å². The lowest BCUT2D eigenvalue weighted by Crippen LogP contribution is -2.36. The molecule has 2 saturated heterocycles. The smallest absolute Gasteiger partial charge is 0.354 e. The molecule has 9 nitrogen and oxygen atoms in total. The number of aromatic carboxylic acids is 1. The first-order valence-electron chi connectivity index (χ1n) is 14.4. The highest BCUT2D eigenvalue weighted by Crippen LogP contribution is 2.37. The van der Waals surface area contributed by atoms with Gasteiger partial charge in [-0.1, -0.05) is 32.0 Å². The van der Waals surface area contributed by atoms with Gasteiger partial charge in [0.2, 0.25) is 0 Å². The zero-order valence-corrected chi connectivity index (χ0v) is 23.9. The van der Waals surface area contributed by atoms with E-state index in [0.29, 0.717) is 24.9 Å². The Balaban J connectivity index is 1.46. The Kier molecular flexibility index (Phi) is 7.64. The standard InChI is InChI=1S/C32H37N5O4/c1-21(2)30-29-27(22-7-9-23(10-8-22)35(3)24-11-15-40-16-12-24)20-28(32(38)39)33-31(29)37(34-30)26-6-4-5-25(19-26)36-13-17-41-18-14-36/h4-10,19-21,24H,11-18H2,1-3H3,(H,38,39). The third-order valence-electron chi connectivity index (χ3n) is 8.21. The van der Waals surface area contributed by atoms with Gasteiger partial charge in [0.1, 0.15) is 0 Å². The van der Waals surface area contributed by atoms with E-state index in [4.69, 9.17) is 14.6 Å². The minimum absolute atomic E-state index is 0.00306. The number of carboxylic acids is 1. The van der Waals surface area contributed by atoms with E-state index in [0.717, 1.165) is 78.4 Å². The molecule has 2 aliphatic heterocycles. The summed E-state index contributed by atoms with van der Waals surface area (Å²) in [5.41, 5.74) is 6.26. The van der Waals surface area contributed by atoms with Crippen LogP contribution in [0, 0.1) is 0 Å². The number of aromatic nitrogens is 3. The summed E-state index contributed by atoms with van der Waals surface area (Å²) in [6.45, 7) is 8.84. The zero-order chi connectivity index (χ0) is 28.5. The van der Waals surface area contributed by atoms with Gasteiger partial charge in [-0.05, 0) is 66.3 Å². The van der Waals surface area contributed by atoms with Crippen molar-refractivity contribution >= 4 is 28.4 Å². The van der Waals surface area contributed by atoms with E-state index < -0.39 is 5.97 Å². The molecule has 41 heavy (non-hydrogen) atoms. The van der Waals surface area contributed by atoms with Gasteiger partial charge in [0, 0.05) is 50.8 Å². The quantitative estimate of drug-likeness (QED) is 0.326. The van der Waals surface area contributed by atoms with E-state index in [9.17, 15) is 9.90 Å². The molecule has 0 spiro atoms. The van der Waals surface area contributed by atoms with Crippen molar-refractivity contribution in [2.24, 2.45) is 0 Å².